The van der Waals surface area contributed by atoms with E-state index < -0.39 is 0 Å². The number of rotatable bonds is 10. The Morgan fingerprint density at radius 1 is 1.24 bits per heavy atom. The van der Waals surface area contributed by atoms with Crippen LogP contribution in [0.5, 0.6) is 5.75 Å². The van der Waals surface area contributed by atoms with Crippen LogP contribution < -0.4 is 10.5 Å². The van der Waals surface area contributed by atoms with Gasteiger partial charge in [0.05, 0.1) is 32.5 Å². The number of benzene rings is 1. The Kier molecular flexibility index (Phi) is 8.23. The van der Waals surface area contributed by atoms with Gasteiger partial charge >= 0.3 is 0 Å². The number of amidine groups is 1. The molecule has 0 aliphatic rings. The summed E-state index contributed by atoms with van der Waals surface area (Å²) in [6.45, 7) is 4.46. The number of hydrogen-bond acceptors (Lipinski definition) is 5. The number of ether oxygens (including phenoxy) is 3. The standard InChI is InChI=1S/C15H24N2O4/c1-3-4-7-20-8-9-21-11-12-5-6-14(19-2)13(10-12)15(16)17-18/h5-6,10,18H,3-4,7-9,11H2,1-2H3,(H2,16,17). The van der Waals surface area contributed by atoms with E-state index in [1.165, 1.54) is 7.11 Å². The summed E-state index contributed by atoms with van der Waals surface area (Å²) < 4.78 is 16.1. The maximum Gasteiger partial charge on any atom is 0.173 e. The van der Waals surface area contributed by atoms with Crippen LogP contribution >= 0.6 is 0 Å². The molecule has 0 amide bonds. The lowest BCUT2D eigenvalue weighted by molar-refractivity contribution is 0.0396. The monoisotopic (exact) mass is 296 g/mol. The van der Waals surface area contributed by atoms with Crippen LogP contribution in [0.1, 0.15) is 30.9 Å². The summed E-state index contributed by atoms with van der Waals surface area (Å²) >= 11 is 0. The smallest absolute Gasteiger partial charge is 0.173 e. The lowest BCUT2D eigenvalue weighted by Gasteiger charge is -2.10. The molecule has 118 valence electrons. The minimum Gasteiger partial charge on any atom is -0.496 e. The second kappa shape index (κ2) is 10.0. The molecule has 3 N–H and O–H groups in total. The van der Waals surface area contributed by atoms with E-state index in [0.29, 0.717) is 31.1 Å². The summed E-state index contributed by atoms with van der Waals surface area (Å²) in [4.78, 5) is 0. The summed E-state index contributed by atoms with van der Waals surface area (Å²) in [5.74, 6) is 0.563. The molecule has 21 heavy (non-hydrogen) atoms. The van der Waals surface area contributed by atoms with Crippen molar-refractivity contribution in [1.82, 2.24) is 0 Å². The summed E-state index contributed by atoms with van der Waals surface area (Å²) in [5.41, 5.74) is 7.09. The Labute approximate surface area is 125 Å². The van der Waals surface area contributed by atoms with E-state index in [0.717, 1.165) is 25.0 Å². The van der Waals surface area contributed by atoms with Crippen LogP contribution in [0.3, 0.4) is 0 Å². The molecule has 0 spiro atoms. The first-order valence-corrected chi connectivity index (χ1v) is 7.03. The third-order valence-corrected chi connectivity index (χ3v) is 2.93. The van der Waals surface area contributed by atoms with Gasteiger partial charge in [-0.2, -0.15) is 0 Å². The van der Waals surface area contributed by atoms with Gasteiger partial charge in [0.1, 0.15) is 5.75 Å². The molecule has 0 saturated heterocycles. The zero-order chi connectivity index (χ0) is 15.5. The Bertz CT molecular complexity index is 449. The molecule has 0 heterocycles. The minimum absolute atomic E-state index is 0.0107. The Morgan fingerprint density at radius 2 is 2.00 bits per heavy atom. The molecule has 0 aliphatic carbocycles. The predicted octanol–water partition coefficient (Wildman–Crippen LogP) is 2.12. The molecule has 1 aromatic carbocycles. The highest BCUT2D eigenvalue weighted by atomic mass is 16.5. The first-order chi connectivity index (χ1) is 10.2. The fraction of sp³-hybridized carbons (Fsp3) is 0.533. The van der Waals surface area contributed by atoms with E-state index in [4.69, 9.17) is 25.2 Å². The van der Waals surface area contributed by atoms with Gasteiger partial charge in [0.15, 0.2) is 5.84 Å². The van der Waals surface area contributed by atoms with E-state index in [1.54, 1.807) is 12.1 Å². The largest absolute Gasteiger partial charge is 0.496 e. The highest BCUT2D eigenvalue weighted by molar-refractivity contribution is 5.99. The summed E-state index contributed by atoms with van der Waals surface area (Å²) in [6.07, 6.45) is 2.20. The zero-order valence-electron chi connectivity index (χ0n) is 12.7. The maximum absolute atomic E-state index is 8.78. The van der Waals surface area contributed by atoms with Crippen molar-refractivity contribution in [1.29, 1.82) is 0 Å². The molecule has 1 rings (SSSR count). The van der Waals surface area contributed by atoms with Crippen molar-refractivity contribution in [2.24, 2.45) is 10.9 Å². The molecule has 0 aromatic heterocycles. The van der Waals surface area contributed by atoms with Crippen molar-refractivity contribution >= 4 is 5.84 Å². The topological polar surface area (TPSA) is 86.3 Å². The highest BCUT2D eigenvalue weighted by Gasteiger charge is 2.09. The Hall–Kier alpha value is -1.79. The molecular formula is C15H24N2O4. The molecule has 6 nitrogen and oxygen atoms in total. The van der Waals surface area contributed by atoms with Gasteiger partial charge in [-0.25, -0.2) is 0 Å². The van der Waals surface area contributed by atoms with Crippen molar-refractivity contribution in [3.63, 3.8) is 0 Å². The van der Waals surface area contributed by atoms with E-state index in [9.17, 15) is 0 Å². The quantitative estimate of drug-likeness (QED) is 0.227. The van der Waals surface area contributed by atoms with Crippen molar-refractivity contribution < 1.29 is 19.4 Å². The van der Waals surface area contributed by atoms with Gasteiger partial charge in [-0.05, 0) is 24.1 Å². The van der Waals surface area contributed by atoms with Gasteiger partial charge in [0.2, 0.25) is 0 Å². The number of hydrogen-bond donors (Lipinski definition) is 2. The molecular weight excluding hydrogens is 272 g/mol. The predicted molar refractivity (Wildman–Crippen MR) is 80.9 cm³/mol. The number of nitrogens with zero attached hydrogens (tertiary/aromatic N) is 1. The minimum atomic E-state index is 0.0107. The van der Waals surface area contributed by atoms with E-state index in [-0.39, 0.29) is 5.84 Å². The van der Waals surface area contributed by atoms with Gasteiger partial charge in [-0.1, -0.05) is 24.6 Å². The van der Waals surface area contributed by atoms with Crippen molar-refractivity contribution in [2.75, 3.05) is 26.9 Å². The highest BCUT2D eigenvalue weighted by Crippen LogP contribution is 2.20. The molecule has 0 fully saturated rings. The fourth-order valence-electron chi connectivity index (χ4n) is 1.76. The maximum atomic E-state index is 8.78. The van der Waals surface area contributed by atoms with Crippen LogP contribution in [0.2, 0.25) is 0 Å². The van der Waals surface area contributed by atoms with E-state index in [1.807, 2.05) is 6.07 Å². The first-order valence-electron chi connectivity index (χ1n) is 7.03. The van der Waals surface area contributed by atoms with Crippen LogP contribution in [0.25, 0.3) is 0 Å². The number of methoxy groups -OCH3 is 1. The molecule has 0 aliphatic heterocycles. The molecule has 0 radical (unpaired) electrons. The van der Waals surface area contributed by atoms with Crippen molar-refractivity contribution in [2.45, 2.75) is 26.4 Å². The van der Waals surface area contributed by atoms with Crippen LogP contribution in [-0.4, -0.2) is 38.0 Å². The Morgan fingerprint density at radius 3 is 2.67 bits per heavy atom. The number of oxime groups is 1. The van der Waals surface area contributed by atoms with Crippen molar-refractivity contribution in [3.8, 4) is 5.75 Å². The van der Waals surface area contributed by atoms with Crippen LogP contribution in [-0.2, 0) is 16.1 Å². The van der Waals surface area contributed by atoms with Gasteiger partial charge in [0, 0.05) is 6.61 Å². The average Bonchev–Trinajstić information content (AvgIpc) is 2.53. The van der Waals surface area contributed by atoms with Crippen LogP contribution in [0, 0.1) is 0 Å². The lowest BCUT2D eigenvalue weighted by atomic mass is 10.1. The first kappa shape index (κ1) is 17.3. The molecule has 0 atom stereocenters. The molecule has 1 aromatic rings. The average molecular weight is 296 g/mol. The zero-order valence-corrected chi connectivity index (χ0v) is 12.7. The molecule has 0 unspecified atom stereocenters. The summed E-state index contributed by atoms with van der Waals surface area (Å²) in [6, 6.07) is 5.43. The normalized spacial score (nSPS) is 11.6. The molecule has 0 saturated carbocycles. The lowest BCUT2D eigenvalue weighted by Crippen LogP contribution is -2.15. The van der Waals surface area contributed by atoms with Gasteiger partial charge in [-0.15, -0.1) is 0 Å². The van der Waals surface area contributed by atoms with E-state index in [2.05, 4.69) is 12.1 Å². The van der Waals surface area contributed by atoms with Crippen LogP contribution in [0.15, 0.2) is 23.4 Å². The van der Waals surface area contributed by atoms with Crippen LogP contribution in [0.4, 0.5) is 0 Å². The van der Waals surface area contributed by atoms with E-state index >= 15 is 0 Å². The summed E-state index contributed by atoms with van der Waals surface area (Å²) in [7, 11) is 1.54. The molecule has 6 heteroatoms. The third kappa shape index (κ3) is 6.01. The number of unbranched alkanes of at least 4 members (excludes halogenated alkanes) is 1. The second-order valence-corrected chi connectivity index (χ2v) is 4.54. The second-order valence-electron chi connectivity index (χ2n) is 4.54. The van der Waals surface area contributed by atoms with Gasteiger partial charge < -0.3 is 25.2 Å². The third-order valence-electron chi connectivity index (χ3n) is 2.93. The number of nitrogens with two attached hydrogens (primary N) is 1. The summed E-state index contributed by atoms with van der Waals surface area (Å²) in [5, 5.41) is 11.8. The SMILES string of the molecule is CCCCOCCOCc1ccc(OC)c(C(N)=NO)c1. The van der Waals surface area contributed by atoms with Gasteiger partial charge in [-0.3, -0.25) is 0 Å². The molecule has 0 bridgehead atoms. The van der Waals surface area contributed by atoms with Crippen molar-refractivity contribution in [3.05, 3.63) is 29.3 Å². The Balaban J connectivity index is 2.45. The fourth-order valence-corrected chi connectivity index (χ4v) is 1.76. The van der Waals surface area contributed by atoms with Gasteiger partial charge in [0.25, 0.3) is 0 Å².